The van der Waals surface area contributed by atoms with E-state index in [2.05, 4.69) is 68.5 Å². The molecule has 7 heteroatoms. The number of aromatic nitrogens is 1. The highest BCUT2D eigenvalue weighted by atomic mass is 79.9. The first kappa shape index (κ1) is 21.3. The number of nitrogens with one attached hydrogen (secondary N) is 2. The molecule has 1 aliphatic heterocycles. The average Bonchev–Trinajstić information content (AvgIpc) is 2.73. The number of primary amides is 1. The topological polar surface area (TPSA) is 83.3 Å². The van der Waals surface area contributed by atoms with Crippen molar-refractivity contribution in [2.75, 3.05) is 29.9 Å². The van der Waals surface area contributed by atoms with Gasteiger partial charge in [-0.3, -0.25) is 9.78 Å². The minimum absolute atomic E-state index is 0.0625. The minimum Gasteiger partial charge on any atom is -0.368 e. The highest BCUT2D eigenvalue weighted by Crippen LogP contribution is 2.37. The average molecular weight is 480 g/mol. The fourth-order valence-electron chi connectivity index (χ4n) is 3.99. The summed E-state index contributed by atoms with van der Waals surface area (Å²) < 4.78 is 1.01. The molecule has 1 saturated heterocycles. The van der Waals surface area contributed by atoms with Crippen LogP contribution in [0.1, 0.15) is 24.2 Å². The molecule has 0 bridgehead atoms. The summed E-state index contributed by atoms with van der Waals surface area (Å²) in [6, 6.07) is 15.6. The normalized spacial score (nSPS) is 15.5. The molecule has 4 N–H and O–H groups in total. The molecule has 2 aromatic carbocycles. The maximum atomic E-state index is 12.1. The maximum Gasteiger partial charge on any atom is 0.250 e. The summed E-state index contributed by atoms with van der Waals surface area (Å²) in [6.45, 7) is 7.25. The number of pyridine rings is 1. The molecule has 1 aliphatic rings. The van der Waals surface area contributed by atoms with Crippen molar-refractivity contribution in [3.8, 4) is 11.1 Å². The van der Waals surface area contributed by atoms with Gasteiger partial charge in [-0.05, 0) is 65.7 Å². The van der Waals surface area contributed by atoms with Crippen LogP contribution in [0.4, 0.5) is 17.1 Å². The van der Waals surface area contributed by atoms with Crippen LogP contribution in [-0.4, -0.2) is 36.1 Å². The number of nitrogens with two attached hydrogens (primary N) is 1. The van der Waals surface area contributed by atoms with Crippen LogP contribution in [0.3, 0.4) is 0 Å². The Bertz CT molecular complexity index is 1100. The van der Waals surface area contributed by atoms with Crippen molar-refractivity contribution in [1.29, 1.82) is 0 Å². The summed E-state index contributed by atoms with van der Waals surface area (Å²) in [4.78, 5) is 18.7. The molecule has 0 aliphatic carbocycles. The zero-order valence-corrected chi connectivity index (χ0v) is 19.2. The van der Waals surface area contributed by atoms with Gasteiger partial charge in [0.25, 0.3) is 5.91 Å². The van der Waals surface area contributed by atoms with Crippen LogP contribution in [0.2, 0.25) is 0 Å². The first-order valence-corrected chi connectivity index (χ1v) is 11.0. The molecule has 4 rings (SSSR count). The molecule has 3 aromatic rings. The second kappa shape index (κ2) is 8.69. The van der Waals surface area contributed by atoms with E-state index in [1.165, 1.54) is 0 Å². The van der Waals surface area contributed by atoms with Gasteiger partial charge >= 0.3 is 0 Å². The van der Waals surface area contributed by atoms with Crippen molar-refractivity contribution in [1.82, 2.24) is 10.3 Å². The van der Waals surface area contributed by atoms with Crippen LogP contribution in [-0.2, 0) is 0 Å². The van der Waals surface area contributed by atoms with Gasteiger partial charge in [-0.15, -0.1) is 0 Å². The zero-order chi connectivity index (χ0) is 22.0. The number of hydrogen-bond acceptors (Lipinski definition) is 5. The number of anilines is 3. The van der Waals surface area contributed by atoms with E-state index in [1.807, 2.05) is 24.3 Å². The van der Waals surface area contributed by atoms with E-state index in [-0.39, 0.29) is 5.54 Å². The number of carbonyl (C=O) groups is 1. The number of halogens is 1. The van der Waals surface area contributed by atoms with E-state index in [1.54, 1.807) is 18.5 Å². The Morgan fingerprint density at radius 1 is 1.23 bits per heavy atom. The van der Waals surface area contributed by atoms with Crippen LogP contribution in [0.25, 0.3) is 11.1 Å². The predicted molar refractivity (Wildman–Crippen MR) is 130 cm³/mol. The largest absolute Gasteiger partial charge is 0.368 e. The highest BCUT2D eigenvalue weighted by Gasteiger charge is 2.27. The SMILES string of the molecule is CC1(C)CN(c2ccc(-c3cccc(C(N)=O)c3Nc3cccnc3)cc2Br)CCN1. The van der Waals surface area contributed by atoms with Crippen LogP contribution in [0, 0.1) is 0 Å². The Morgan fingerprint density at radius 2 is 2.06 bits per heavy atom. The molecule has 0 unspecified atom stereocenters. The number of benzene rings is 2. The van der Waals surface area contributed by atoms with Gasteiger partial charge in [0.2, 0.25) is 0 Å². The molecular weight excluding hydrogens is 454 g/mol. The van der Waals surface area contributed by atoms with Crippen LogP contribution in [0.5, 0.6) is 0 Å². The van der Waals surface area contributed by atoms with Gasteiger partial charge in [0.15, 0.2) is 0 Å². The second-order valence-electron chi connectivity index (χ2n) is 8.36. The van der Waals surface area contributed by atoms with E-state index >= 15 is 0 Å². The van der Waals surface area contributed by atoms with Crippen molar-refractivity contribution >= 4 is 38.9 Å². The van der Waals surface area contributed by atoms with Gasteiger partial charge in [-0.2, -0.15) is 0 Å². The summed E-state index contributed by atoms with van der Waals surface area (Å²) in [5, 5.41) is 6.88. The summed E-state index contributed by atoms with van der Waals surface area (Å²) in [6.07, 6.45) is 3.42. The van der Waals surface area contributed by atoms with Crippen LogP contribution < -0.4 is 21.3 Å². The quantitative estimate of drug-likeness (QED) is 0.500. The molecule has 31 heavy (non-hydrogen) atoms. The molecule has 2 heterocycles. The molecular formula is C24H26BrN5O. The van der Waals surface area contributed by atoms with Crippen molar-refractivity contribution in [2.24, 2.45) is 5.73 Å². The number of rotatable bonds is 5. The number of carbonyl (C=O) groups excluding carboxylic acids is 1. The first-order valence-electron chi connectivity index (χ1n) is 10.2. The van der Waals surface area contributed by atoms with Crippen molar-refractivity contribution in [2.45, 2.75) is 19.4 Å². The smallest absolute Gasteiger partial charge is 0.250 e. The molecule has 0 radical (unpaired) electrons. The molecule has 6 nitrogen and oxygen atoms in total. The van der Waals surface area contributed by atoms with Gasteiger partial charge in [0.05, 0.1) is 28.8 Å². The van der Waals surface area contributed by atoms with Crippen molar-refractivity contribution in [3.63, 3.8) is 0 Å². The maximum absolute atomic E-state index is 12.1. The summed E-state index contributed by atoms with van der Waals surface area (Å²) in [5.74, 6) is -0.480. The summed E-state index contributed by atoms with van der Waals surface area (Å²) in [5.41, 5.74) is 10.7. The van der Waals surface area contributed by atoms with Gasteiger partial charge < -0.3 is 21.3 Å². The van der Waals surface area contributed by atoms with E-state index in [0.717, 1.165) is 46.6 Å². The Hall–Kier alpha value is -2.90. The van der Waals surface area contributed by atoms with E-state index in [0.29, 0.717) is 11.3 Å². The highest BCUT2D eigenvalue weighted by molar-refractivity contribution is 9.10. The van der Waals surface area contributed by atoms with Crippen LogP contribution >= 0.6 is 15.9 Å². The van der Waals surface area contributed by atoms with Gasteiger partial charge in [-0.1, -0.05) is 18.2 Å². The van der Waals surface area contributed by atoms with E-state index < -0.39 is 5.91 Å². The van der Waals surface area contributed by atoms with Gasteiger partial charge in [0, 0.05) is 41.4 Å². The molecule has 0 atom stereocenters. The van der Waals surface area contributed by atoms with E-state index in [4.69, 9.17) is 5.73 Å². The van der Waals surface area contributed by atoms with Crippen molar-refractivity contribution < 1.29 is 4.79 Å². The molecule has 1 fully saturated rings. The fourth-order valence-corrected chi connectivity index (χ4v) is 4.62. The molecule has 1 aromatic heterocycles. The third kappa shape index (κ3) is 4.73. The lowest BCUT2D eigenvalue weighted by atomic mass is 9.98. The minimum atomic E-state index is -0.480. The lowest BCUT2D eigenvalue weighted by molar-refractivity contribution is 0.100. The molecule has 0 saturated carbocycles. The number of nitrogens with zero attached hydrogens (tertiary/aromatic N) is 2. The Morgan fingerprint density at radius 3 is 2.74 bits per heavy atom. The lowest BCUT2D eigenvalue weighted by Gasteiger charge is -2.40. The monoisotopic (exact) mass is 479 g/mol. The fraction of sp³-hybridized carbons (Fsp3) is 0.250. The van der Waals surface area contributed by atoms with Crippen molar-refractivity contribution in [3.05, 3.63) is 71.0 Å². The van der Waals surface area contributed by atoms with Crippen LogP contribution in [0.15, 0.2) is 65.4 Å². The molecule has 0 spiro atoms. The predicted octanol–water partition coefficient (Wildman–Crippen LogP) is 4.54. The Balaban J connectivity index is 1.73. The number of amides is 1. The zero-order valence-electron chi connectivity index (χ0n) is 17.7. The number of hydrogen-bond donors (Lipinski definition) is 3. The Kier molecular flexibility index (Phi) is 5.98. The number of para-hydroxylation sites is 1. The molecule has 1 amide bonds. The lowest BCUT2D eigenvalue weighted by Crippen LogP contribution is -2.57. The summed E-state index contributed by atoms with van der Waals surface area (Å²) >= 11 is 3.77. The standard InChI is InChI=1S/C24H26BrN5O/c1-24(2)15-30(12-11-28-24)21-9-8-16(13-20(21)25)18-6-3-7-19(23(26)31)22(18)29-17-5-4-10-27-14-17/h3-10,13-14,28-29H,11-12,15H2,1-2H3,(H2,26,31). The first-order chi connectivity index (χ1) is 14.8. The number of piperazine rings is 1. The summed E-state index contributed by atoms with van der Waals surface area (Å²) in [7, 11) is 0. The Labute approximate surface area is 191 Å². The van der Waals surface area contributed by atoms with Gasteiger partial charge in [-0.25, -0.2) is 0 Å². The third-order valence-electron chi connectivity index (χ3n) is 5.43. The second-order valence-corrected chi connectivity index (χ2v) is 9.21. The van der Waals surface area contributed by atoms with Gasteiger partial charge in [0.1, 0.15) is 0 Å². The van der Waals surface area contributed by atoms with E-state index in [9.17, 15) is 4.79 Å². The molecule has 160 valence electrons. The third-order valence-corrected chi connectivity index (χ3v) is 6.07.